The van der Waals surface area contributed by atoms with Crippen molar-refractivity contribution < 1.29 is 4.74 Å². The predicted molar refractivity (Wildman–Crippen MR) is 65.8 cm³/mol. The lowest BCUT2D eigenvalue weighted by atomic mass is 9.87. The second kappa shape index (κ2) is 5.72. The summed E-state index contributed by atoms with van der Waals surface area (Å²) < 4.78 is 5.93. The number of benzene rings is 1. The maximum Gasteiger partial charge on any atom is 0.0721 e. The fraction of sp³-hybridized carbons (Fsp3) is 0.467. The number of ether oxygens (including phenoxy) is 1. The van der Waals surface area contributed by atoms with Crippen LogP contribution in [0.2, 0.25) is 0 Å². The molecule has 1 aliphatic carbocycles. The molecule has 1 aromatic carbocycles. The van der Waals surface area contributed by atoms with Crippen molar-refractivity contribution in [2.45, 2.75) is 38.4 Å². The van der Waals surface area contributed by atoms with E-state index in [4.69, 9.17) is 11.2 Å². The van der Waals surface area contributed by atoms with Crippen LogP contribution in [0, 0.1) is 18.3 Å². The predicted octanol–water partition coefficient (Wildman–Crippen LogP) is 3.40. The molecule has 0 unspecified atom stereocenters. The molecule has 0 N–H and O–H groups in total. The molecule has 0 heterocycles. The van der Waals surface area contributed by atoms with E-state index in [1.54, 1.807) is 0 Å². The first-order chi connectivity index (χ1) is 7.90. The van der Waals surface area contributed by atoms with E-state index in [0.717, 1.165) is 12.8 Å². The van der Waals surface area contributed by atoms with E-state index in [0.29, 0.717) is 12.5 Å². The third kappa shape index (κ3) is 2.87. The van der Waals surface area contributed by atoms with Crippen LogP contribution in [0.25, 0.3) is 0 Å². The van der Waals surface area contributed by atoms with Gasteiger partial charge in [0.15, 0.2) is 0 Å². The average molecular weight is 214 g/mol. The molecule has 0 radical (unpaired) electrons. The highest BCUT2D eigenvalue weighted by molar-refractivity contribution is 5.13. The highest BCUT2D eigenvalue weighted by Crippen LogP contribution is 2.26. The zero-order chi connectivity index (χ0) is 11.2. The minimum Gasteiger partial charge on any atom is -0.372 e. The van der Waals surface area contributed by atoms with Crippen LogP contribution >= 0.6 is 0 Å². The van der Waals surface area contributed by atoms with Crippen molar-refractivity contribution in [3.63, 3.8) is 0 Å². The van der Waals surface area contributed by atoms with Crippen LogP contribution in [0.5, 0.6) is 0 Å². The Balaban J connectivity index is 1.87. The van der Waals surface area contributed by atoms with Crippen molar-refractivity contribution in [2.24, 2.45) is 5.92 Å². The minimum absolute atomic E-state index is 0.263. The molecule has 2 rings (SSSR count). The molecule has 1 fully saturated rings. The maximum absolute atomic E-state index is 5.93. The first kappa shape index (κ1) is 11.2. The summed E-state index contributed by atoms with van der Waals surface area (Å²) in [7, 11) is 0. The first-order valence-corrected chi connectivity index (χ1v) is 6.02. The van der Waals surface area contributed by atoms with E-state index in [9.17, 15) is 0 Å². The lowest BCUT2D eigenvalue weighted by Gasteiger charge is -2.27. The molecule has 1 aliphatic rings. The van der Waals surface area contributed by atoms with Crippen molar-refractivity contribution in [2.75, 3.05) is 0 Å². The van der Waals surface area contributed by atoms with Gasteiger partial charge in [0, 0.05) is 5.92 Å². The Morgan fingerprint density at radius 2 is 1.94 bits per heavy atom. The van der Waals surface area contributed by atoms with Gasteiger partial charge in [-0.25, -0.2) is 0 Å². The zero-order valence-corrected chi connectivity index (χ0v) is 9.56. The Labute approximate surface area is 97.8 Å². The van der Waals surface area contributed by atoms with Gasteiger partial charge < -0.3 is 4.74 Å². The molecule has 16 heavy (non-hydrogen) atoms. The summed E-state index contributed by atoms with van der Waals surface area (Å²) in [5.74, 6) is 3.18. The highest BCUT2D eigenvalue weighted by atomic mass is 16.5. The minimum atomic E-state index is 0.263. The summed E-state index contributed by atoms with van der Waals surface area (Å²) in [6.07, 6.45) is 10.5. The Bertz CT molecular complexity index is 349. The molecule has 84 valence electrons. The van der Waals surface area contributed by atoms with Gasteiger partial charge in [-0.2, -0.15) is 0 Å². The monoisotopic (exact) mass is 214 g/mol. The third-order valence-corrected chi connectivity index (χ3v) is 3.22. The molecule has 1 heteroatoms. The topological polar surface area (TPSA) is 9.23 Å². The van der Waals surface area contributed by atoms with Crippen molar-refractivity contribution in [1.82, 2.24) is 0 Å². The summed E-state index contributed by atoms with van der Waals surface area (Å²) >= 11 is 0. The molecule has 0 aromatic heterocycles. The Hall–Kier alpha value is -1.26. The summed E-state index contributed by atoms with van der Waals surface area (Å²) in [5.41, 5.74) is 1.23. The van der Waals surface area contributed by atoms with E-state index in [1.165, 1.54) is 18.4 Å². The third-order valence-electron chi connectivity index (χ3n) is 3.22. The summed E-state index contributed by atoms with van der Waals surface area (Å²) in [5, 5.41) is 0. The maximum atomic E-state index is 5.93. The molecular formula is C15H18O. The van der Waals surface area contributed by atoms with Gasteiger partial charge in [0.25, 0.3) is 0 Å². The smallest absolute Gasteiger partial charge is 0.0721 e. The number of hydrogen-bond donors (Lipinski definition) is 0. The second-order valence-electron chi connectivity index (χ2n) is 4.39. The van der Waals surface area contributed by atoms with Crippen LogP contribution in [0.15, 0.2) is 30.3 Å². The van der Waals surface area contributed by atoms with Gasteiger partial charge in [-0.1, -0.05) is 43.2 Å². The Kier molecular flexibility index (Phi) is 4.02. The number of hydrogen-bond acceptors (Lipinski definition) is 1. The van der Waals surface area contributed by atoms with Gasteiger partial charge in [-0.05, 0) is 18.4 Å². The lowest BCUT2D eigenvalue weighted by Crippen LogP contribution is -2.26. The van der Waals surface area contributed by atoms with Gasteiger partial charge >= 0.3 is 0 Å². The van der Waals surface area contributed by atoms with E-state index >= 15 is 0 Å². The van der Waals surface area contributed by atoms with Crippen LogP contribution in [-0.2, 0) is 11.3 Å². The molecule has 2 atom stereocenters. The van der Waals surface area contributed by atoms with Crippen molar-refractivity contribution in [3.05, 3.63) is 35.9 Å². The van der Waals surface area contributed by atoms with E-state index in [1.807, 2.05) is 18.2 Å². The van der Waals surface area contributed by atoms with Gasteiger partial charge in [0.2, 0.25) is 0 Å². The van der Waals surface area contributed by atoms with Crippen molar-refractivity contribution in [3.8, 4) is 12.3 Å². The van der Waals surface area contributed by atoms with E-state index in [-0.39, 0.29) is 6.10 Å². The van der Waals surface area contributed by atoms with Crippen LogP contribution in [0.4, 0.5) is 0 Å². The van der Waals surface area contributed by atoms with Crippen LogP contribution < -0.4 is 0 Å². The molecule has 0 aliphatic heterocycles. The Morgan fingerprint density at radius 1 is 1.19 bits per heavy atom. The van der Waals surface area contributed by atoms with Gasteiger partial charge in [0.05, 0.1) is 12.7 Å². The summed E-state index contributed by atoms with van der Waals surface area (Å²) in [6, 6.07) is 10.3. The van der Waals surface area contributed by atoms with Crippen molar-refractivity contribution >= 4 is 0 Å². The number of rotatable bonds is 3. The quantitative estimate of drug-likeness (QED) is 0.701. The summed E-state index contributed by atoms with van der Waals surface area (Å²) in [6.45, 7) is 0.684. The molecule has 1 aromatic rings. The molecule has 0 spiro atoms. The van der Waals surface area contributed by atoms with Crippen LogP contribution in [0.1, 0.15) is 31.2 Å². The molecular weight excluding hydrogens is 196 g/mol. The lowest BCUT2D eigenvalue weighted by molar-refractivity contribution is -0.00434. The molecule has 1 nitrogen and oxygen atoms in total. The zero-order valence-electron chi connectivity index (χ0n) is 9.56. The molecule has 0 amide bonds. The van der Waals surface area contributed by atoms with Gasteiger partial charge in [-0.15, -0.1) is 12.3 Å². The van der Waals surface area contributed by atoms with Crippen LogP contribution in [0.3, 0.4) is 0 Å². The largest absolute Gasteiger partial charge is 0.372 e. The fourth-order valence-corrected chi connectivity index (χ4v) is 2.26. The SMILES string of the molecule is C#C[C@H]1CCCC[C@@H]1OCc1ccccc1. The standard InChI is InChI=1S/C15H18O/c1-2-14-10-6-7-11-15(14)16-12-13-8-4-3-5-9-13/h1,3-5,8-9,14-15H,6-7,10-12H2/t14-,15-/m0/s1. The molecule has 0 bridgehead atoms. The van der Waals surface area contributed by atoms with Gasteiger partial charge in [-0.3, -0.25) is 0 Å². The van der Waals surface area contributed by atoms with Crippen molar-refractivity contribution in [1.29, 1.82) is 0 Å². The van der Waals surface area contributed by atoms with Gasteiger partial charge in [0.1, 0.15) is 0 Å². The molecule has 0 saturated heterocycles. The van der Waals surface area contributed by atoms with Crippen LogP contribution in [-0.4, -0.2) is 6.10 Å². The van der Waals surface area contributed by atoms with E-state index in [2.05, 4.69) is 18.1 Å². The first-order valence-electron chi connectivity index (χ1n) is 6.02. The second-order valence-corrected chi connectivity index (χ2v) is 4.39. The number of terminal acetylenes is 1. The molecule has 1 saturated carbocycles. The highest BCUT2D eigenvalue weighted by Gasteiger charge is 2.23. The average Bonchev–Trinajstić information content (AvgIpc) is 2.38. The fourth-order valence-electron chi connectivity index (χ4n) is 2.26. The summed E-state index contributed by atoms with van der Waals surface area (Å²) in [4.78, 5) is 0. The van der Waals surface area contributed by atoms with E-state index < -0.39 is 0 Å². The Morgan fingerprint density at radius 3 is 2.69 bits per heavy atom. The normalized spacial score (nSPS) is 24.9.